The van der Waals surface area contributed by atoms with Crippen LogP contribution in [0.25, 0.3) is 0 Å². The first-order valence-corrected chi connectivity index (χ1v) is 7.85. The molecule has 0 aliphatic carbocycles. The summed E-state index contributed by atoms with van der Waals surface area (Å²) in [7, 11) is 0. The Hall–Kier alpha value is -2.24. The Balaban J connectivity index is 1.99. The predicted molar refractivity (Wildman–Crippen MR) is 89.3 cm³/mol. The van der Waals surface area contributed by atoms with Gasteiger partial charge in [0.1, 0.15) is 23.9 Å². The minimum Gasteiger partial charge on any atom is -0.494 e. The van der Waals surface area contributed by atoms with Gasteiger partial charge in [0.05, 0.1) is 18.7 Å². The Morgan fingerprint density at radius 3 is 2.13 bits per heavy atom. The number of hydrogen-bond acceptors (Lipinski definition) is 4. The van der Waals surface area contributed by atoms with Crippen LogP contribution >= 0.6 is 0 Å². The minimum absolute atomic E-state index is 0.106. The number of ether oxygens (including phenoxy) is 2. The molecule has 126 valence electrons. The van der Waals surface area contributed by atoms with Gasteiger partial charge in [-0.1, -0.05) is 0 Å². The molecule has 0 radical (unpaired) electrons. The molecule has 0 unspecified atom stereocenters. The number of rotatable bonds is 6. The summed E-state index contributed by atoms with van der Waals surface area (Å²) >= 11 is 0. The Kier molecular flexibility index (Phi) is 5.13. The molecule has 23 heavy (non-hydrogen) atoms. The number of benzene rings is 1. The zero-order valence-electron chi connectivity index (χ0n) is 14.5. The van der Waals surface area contributed by atoms with E-state index in [9.17, 15) is 4.79 Å². The number of hydrogen-bond donors (Lipinski definition) is 0. The lowest BCUT2D eigenvalue weighted by molar-refractivity contribution is 0.290. The number of nitrogens with zero attached hydrogens (tertiary/aromatic N) is 3. The molecule has 0 aliphatic rings. The lowest BCUT2D eigenvalue weighted by Crippen LogP contribution is -2.36. The molecule has 0 aliphatic heterocycles. The van der Waals surface area contributed by atoms with E-state index in [1.54, 1.807) is 4.57 Å². The molecule has 2 rings (SSSR count). The van der Waals surface area contributed by atoms with Crippen LogP contribution < -0.4 is 15.2 Å². The zero-order chi connectivity index (χ0) is 17.0. The molecule has 0 bridgehead atoms. The Morgan fingerprint density at radius 1 is 1.09 bits per heavy atom. The third kappa shape index (κ3) is 4.15. The highest BCUT2D eigenvalue weighted by Gasteiger charge is 2.20. The topological polar surface area (TPSA) is 58.3 Å². The molecular formula is C17H25N3O3. The van der Waals surface area contributed by atoms with Crippen molar-refractivity contribution in [1.29, 1.82) is 0 Å². The lowest BCUT2D eigenvalue weighted by atomic mass is 10.1. The average Bonchev–Trinajstić information content (AvgIpc) is 2.77. The van der Waals surface area contributed by atoms with E-state index in [1.165, 1.54) is 4.68 Å². The molecule has 1 heterocycles. The second kappa shape index (κ2) is 6.89. The Morgan fingerprint density at radius 2 is 1.65 bits per heavy atom. The van der Waals surface area contributed by atoms with Gasteiger partial charge in [-0.05, 0) is 58.9 Å². The van der Waals surface area contributed by atoms with Crippen LogP contribution in [0.5, 0.6) is 11.5 Å². The summed E-state index contributed by atoms with van der Waals surface area (Å²) in [5.74, 6) is 2.26. The number of aryl methyl sites for hydroxylation is 1. The molecule has 2 aromatic rings. The fourth-order valence-corrected chi connectivity index (χ4v) is 2.24. The first-order chi connectivity index (χ1) is 10.8. The van der Waals surface area contributed by atoms with E-state index in [-0.39, 0.29) is 11.2 Å². The molecule has 6 heteroatoms. The van der Waals surface area contributed by atoms with Crippen LogP contribution in [0.4, 0.5) is 0 Å². The van der Waals surface area contributed by atoms with E-state index in [4.69, 9.17) is 9.47 Å². The van der Waals surface area contributed by atoms with Crippen LogP contribution in [0.3, 0.4) is 0 Å². The van der Waals surface area contributed by atoms with Crippen molar-refractivity contribution in [3.05, 3.63) is 40.6 Å². The zero-order valence-corrected chi connectivity index (χ0v) is 14.5. The van der Waals surface area contributed by atoms with Crippen molar-refractivity contribution in [3.63, 3.8) is 0 Å². The smallest absolute Gasteiger partial charge is 0.346 e. The minimum atomic E-state index is -0.330. The normalized spacial score (nSPS) is 11.5. The van der Waals surface area contributed by atoms with Crippen LogP contribution in [-0.2, 0) is 12.1 Å². The summed E-state index contributed by atoms with van der Waals surface area (Å²) in [5, 5.41) is 4.33. The van der Waals surface area contributed by atoms with E-state index >= 15 is 0 Å². The van der Waals surface area contributed by atoms with Gasteiger partial charge in [0, 0.05) is 0 Å². The Labute approximate surface area is 136 Å². The molecule has 1 aromatic carbocycles. The quantitative estimate of drug-likeness (QED) is 0.821. The standard InChI is InChI=1S/C17H25N3O3/c1-6-22-14-7-9-15(10-8-14)23-12-11-19-13(2)18-20(16(19)21)17(3,4)5/h7-10H,6,11-12H2,1-5H3. The highest BCUT2D eigenvalue weighted by atomic mass is 16.5. The summed E-state index contributed by atoms with van der Waals surface area (Å²) in [4.78, 5) is 12.4. The van der Waals surface area contributed by atoms with Crippen molar-refractivity contribution in [2.24, 2.45) is 0 Å². The first kappa shape index (κ1) is 17.1. The fourth-order valence-electron chi connectivity index (χ4n) is 2.24. The van der Waals surface area contributed by atoms with Gasteiger partial charge in [0.2, 0.25) is 0 Å². The van der Waals surface area contributed by atoms with E-state index < -0.39 is 0 Å². The van der Waals surface area contributed by atoms with Crippen molar-refractivity contribution < 1.29 is 9.47 Å². The lowest BCUT2D eigenvalue weighted by Gasteiger charge is -2.16. The van der Waals surface area contributed by atoms with Gasteiger partial charge in [-0.15, -0.1) is 0 Å². The van der Waals surface area contributed by atoms with E-state index in [2.05, 4.69) is 5.10 Å². The van der Waals surface area contributed by atoms with Gasteiger partial charge < -0.3 is 9.47 Å². The molecule has 0 fully saturated rings. The third-order valence-corrected chi connectivity index (χ3v) is 3.40. The maximum absolute atomic E-state index is 12.4. The molecule has 0 amide bonds. The predicted octanol–water partition coefficient (Wildman–Crippen LogP) is 2.59. The van der Waals surface area contributed by atoms with E-state index in [1.807, 2.05) is 58.9 Å². The van der Waals surface area contributed by atoms with Crippen molar-refractivity contribution in [2.45, 2.75) is 46.7 Å². The summed E-state index contributed by atoms with van der Waals surface area (Å²) in [6, 6.07) is 7.46. The van der Waals surface area contributed by atoms with Gasteiger partial charge in [0.25, 0.3) is 0 Å². The van der Waals surface area contributed by atoms with Gasteiger partial charge in [-0.2, -0.15) is 5.10 Å². The largest absolute Gasteiger partial charge is 0.494 e. The van der Waals surface area contributed by atoms with Gasteiger partial charge >= 0.3 is 5.69 Å². The van der Waals surface area contributed by atoms with Gasteiger partial charge in [0.15, 0.2) is 0 Å². The second-order valence-electron chi connectivity index (χ2n) is 6.32. The van der Waals surface area contributed by atoms with Crippen molar-refractivity contribution in [2.75, 3.05) is 13.2 Å². The Bertz CT molecular complexity index is 693. The van der Waals surface area contributed by atoms with Crippen LogP contribution in [-0.4, -0.2) is 27.6 Å². The molecule has 0 saturated heterocycles. The summed E-state index contributed by atoms with van der Waals surface area (Å²) in [6.07, 6.45) is 0. The maximum Gasteiger partial charge on any atom is 0.346 e. The maximum atomic E-state index is 12.4. The van der Waals surface area contributed by atoms with Crippen LogP contribution in [0.1, 0.15) is 33.5 Å². The summed E-state index contributed by atoms with van der Waals surface area (Å²) in [6.45, 7) is 11.2. The van der Waals surface area contributed by atoms with E-state index in [0.29, 0.717) is 25.6 Å². The van der Waals surface area contributed by atoms with Crippen molar-refractivity contribution in [1.82, 2.24) is 14.3 Å². The SMILES string of the molecule is CCOc1ccc(OCCn2c(C)nn(C(C)(C)C)c2=O)cc1. The monoisotopic (exact) mass is 319 g/mol. The first-order valence-electron chi connectivity index (χ1n) is 7.85. The molecule has 0 saturated carbocycles. The van der Waals surface area contributed by atoms with E-state index in [0.717, 1.165) is 11.5 Å². The van der Waals surface area contributed by atoms with Crippen LogP contribution in [0.15, 0.2) is 29.1 Å². The molecule has 6 nitrogen and oxygen atoms in total. The number of aromatic nitrogens is 3. The highest BCUT2D eigenvalue weighted by Crippen LogP contribution is 2.17. The van der Waals surface area contributed by atoms with Crippen LogP contribution in [0.2, 0.25) is 0 Å². The highest BCUT2D eigenvalue weighted by molar-refractivity contribution is 5.31. The fraction of sp³-hybridized carbons (Fsp3) is 0.529. The molecular weight excluding hydrogens is 294 g/mol. The van der Waals surface area contributed by atoms with Crippen LogP contribution in [0, 0.1) is 6.92 Å². The molecule has 1 aromatic heterocycles. The average molecular weight is 319 g/mol. The van der Waals surface area contributed by atoms with Gasteiger partial charge in [-0.25, -0.2) is 9.48 Å². The van der Waals surface area contributed by atoms with Gasteiger partial charge in [-0.3, -0.25) is 4.57 Å². The molecule has 0 atom stereocenters. The summed E-state index contributed by atoms with van der Waals surface area (Å²) < 4.78 is 14.2. The van der Waals surface area contributed by atoms with Crippen molar-refractivity contribution >= 4 is 0 Å². The molecule has 0 N–H and O–H groups in total. The van der Waals surface area contributed by atoms with Crippen molar-refractivity contribution in [3.8, 4) is 11.5 Å². The summed E-state index contributed by atoms with van der Waals surface area (Å²) in [5.41, 5.74) is -0.437. The molecule has 0 spiro atoms. The second-order valence-corrected chi connectivity index (χ2v) is 6.32. The third-order valence-electron chi connectivity index (χ3n) is 3.40.